The molecule has 9 heteroatoms. The van der Waals surface area contributed by atoms with Crippen molar-refractivity contribution in [2.45, 2.75) is 18.7 Å². The Labute approximate surface area is 123 Å². The number of benzene rings is 1. The lowest BCUT2D eigenvalue weighted by atomic mass is 10.2. The summed E-state index contributed by atoms with van der Waals surface area (Å²) in [7, 11) is -7.44. The average molecular weight is 343 g/mol. The fourth-order valence-electron chi connectivity index (χ4n) is 1.34. The molecule has 1 aromatic carbocycles. The topological polar surface area (TPSA) is 78.9 Å². The van der Waals surface area contributed by atoms with Gasteiger partial charge in [-0.2, -0.15) is 13.1 Å². The first kappa shape index (κ1) is 17.6. The van der Waals surface area contributed by atoms with Crippen molar-refractivity contribution < 1.29 is 26.7 Å². The van der Waals surface area contributed by atoms with Gasteiger partial charge in [0, 0.05) is 6.66 Å². The summed E-state index contributed by atoms with van der Waals surface area (Å²) in [5, 5.41) is 0.0432. The quantitative estimate of drug-likeness (QED) is 0.328. The third kappa shape index (κ3) is 4.84. The third-order valence-corrected chi connectivity index (χ3v) is 5.28. The first-order valence-corrected chi connectivity index (χ1v) is 9.76. The van der Waals surface area contributed by atoms with E-state index in [1.165, 1.54) is 12.7 Å². The van der Waals surface area contributed by atoms with Crippen LogP contribution in [0.15, 0.2) is 23.1 Å². The third-order valence-electron chi connectivity index (χ3n) is 2.18. The molecule has 0 fully saturated rings. The average Bonchev–Trinajstić information content (AvgIpc) is 2.34. The second-order valence-corrected chi connectivity index (χ2v) is 8.48. The molecular formula is C11H16ClO6PS. The SMILES string of the molecule is CCOOP(C)(=O)COS(=O)(=O)c1c(C)cccc1Cl. The summed E-state index contributed by atoms with van der Waals surface area (Å²) >= 11 is 5.86. The van der Waals surface area contributed by atoms with Gasteiger partial charge >= 0.3 is 0 Å². The van der Waals surface area contributed by atoms with Gasteiger partial charge in [-0.3, -0.25) is 8.75 Å². The van der Waals surface area contributed by atoms with Gasteiger partial charge in [-0.1, -0.05) is 23.7 Å². The molecule has 114 valence electrons. The fourth-order valence-corrected chi connectivity index (χ4v) is 4.43. The van der Waals surface area contributed by atoms with Gasteiger partial charge in [-0.05, 0) is 25.5 Å². The molecule has 1 unspecified atom stereocenters. The van der Waals surface area contributed by atoms with E-state index in [0.717, 1.165) is 0 Å². The Hall–Kier alpha value is -0.430. The van der Waals surface area contributed by atoms with E-state index in [1.54, 1.807) is 26.0 Å². The maximum Gasteiger partial charge on any atom is 0.299 e. The molecule has 0 saturated heterocycles. The highest BCUT2D eigenvalue weighted by Gasteiger charge is 2.27. The van der Waals surface area contributed by atoms with Crippen molar-refractivity contribution in [3.63, 3.8) is 0 Å². The number of hydrogen-bond donors (Lipinski definition) is 0. The van der Waals surface area contributed by atoms with Gasteiger partial charge in [0.15, 0.2) is 0 Å². The maximum absolute atomic E-state index is 12.1. The van der Waals surface area contributed by atoms with Crippen molar-refractivity contribution in [2.24, 2.45) is 0 Å². The van der Waals surface area contributed by atoms with Gasteiger partial charge in [-0.25, -0.2) is 4.89 Å². The first-order chi connectivity index (χ1) is 9.19. The molecule has 0 aromatic heterocycles. The zero-order chi connectivity index (χ0) is 15.4. The largest absolute Gasteiger partial charge is 0.299 e. The molecule has 0 spiro atoms. The second-order valence-electron chi connectivity index (χ2n) is 4.08. The van der Waals surface area contributed by atoms with Gasteiger partial charge in [-0.15, -0.1) is 0 Å². The maximum atomic E-state index is 12.1. The summed E-state index contributed by atoms with van der Waals surface area (Å²) in [4.78, 5) is 4.41. The van der Waals surface area contributed by atoms with Crippen molar-refractivity contribution in [2.75, 3.05) is 19.6 Å². The Morgan fingerprint density at radius 3 is 2.55 bits per heavy atom. The Balaban J connectivity index is 2.89. The van der Waals surface area contributed by atoms with Crippen molar-refractivity contribution >= 4 is 29.1 Å². The molecule has 1 aromatic rings. The van der Waals surface area contributed by atoms with E-state index in [9.17, 15) is 13.0 Å². The molecule has 0 radical (unpaired) electrons. The zero-order valence-electron chi connectivity index (χ0n) is 11.3. The van der Waals surface area contributed by atoms with E-state index in [0.29, 0.717) is 5.56 Å². The second kappa shape index (κ2) is 7.02. The van der Waals surface area contributed by atoms with Gasteiger partial charge in [0.1, 0.15) is 11.2 Å². The molecule has 0 aliphatic rings. The van der Waals surface area contributed by atoms with Crippen LogP contribution >= 0.6 is 19.0 Å². The van der Waals surface area contributed by atoms with Crippen LogP contribution in [-0.4, -0.2) is 28.0 Å². The molecule has 0 heterocycles. The molecule has 1 rings (SSSR count). The Kier molecular flexibility index (Phi) is 6.19. The normalized spacial score (nSPS) is 15.0. The van der Waals surface area contributed by atoms with Crippen LogP contribution in [-0.2, 0) is 28.4 Å². The fraction of sp³-hybridized carbons (Fsp3) is 0.455. The summed E-state index contributed by atoms with van der Waals surface area (Å²) in [5.41, 5.74) is 0.439. The molecule has 0 amide bonds. The summed E-state index contributed by atoms with van der Waals surface area (Å²) in [6.07, 6.45) is -0.625. The number of halogens is 1. The Morgan fingerprint density at radius 2 is 2.00 bits per heavy atom. The van der Waals surface area contributed by atoms with E-state index in [4.69, 9.17) is 15.8 Å². The van der Waals surface area contributed by atoms with Crippen LogP contribution in [0, 0.1) is 6.92 Å². The van der Waals surface area contributed by atoms with E-state index < -0.39 is 23.8 Å². The molecule has 0 saturated carbocycles. The highest BCUT2D eigenvalue weighted by molar-refractivity contribution is 7.87. The summed E-state index contributed by atoms with van der Waals surface area (Å²) < 4.78 is 45.4. The van der Waals surface area contributed by atoms with Gasteiger partial charge in [0.05, 0.1) is 11.6 Å². The standard InChI is InChI=1S/C11H16ClO6PS/c1-4-16-18-19(3,13)8-17-20(14,15)11-9(2)6-5-7-10(11)12/h5-7H,4,8H2,1-3H3. The highest BCUT2D eigenvalue weighted by Crippen LogP contribution is 2.43. The van der Waals surface area contributed by atoms with Crippen molar-refractivity contribution in [1.29, 1.82) is 0 Å². The van der Waals surface area contributed by atoms with Crippen LogP contribution in [0.2, 0.25) is 5.02 Å². The van der Waals surface area contributed by atoms with Gasteiger partial charge < -0.3 is 0 Å². The van der Waals surface area contributed by atoms with Crippen LogP contribution in [0.5, 0.6) is 0 Å². The van der Waals surface area contributed by atoms with Crippen LogP contribution in [0.4, 0.5) is 0 Å². The highest BCUT2D eigenvalue weighted by atomic mass is 35.5. The molecule has 0 N–H and O–H groups in total. The molecule has 0 aliphatic heterocycles. The predicted molar refractivity (Wildman–Crippen MR) is 75.6 cm³/mol. The molecule has 20 heavy (non-hydrogen) atoms. The van der Waals surface area contributed by atoms with E-state index >= 15 is 0 Å². The van der Waals surface area contributed by atoms with Crippen LogP contribution in [0.1, 0.15) is 12.5 Å². The minimum absolute atomic E-state index is 0.0432. The Bertz CT molecular complexity index is 595. The van der Waals surface area contributed by atoms with Crippen LogP contribution in [0.3, 0.4) is 0 Å². The summed E-state index contributed by atoms with van der Waals surface area (Å²) in [5.74, 6) is 0. The van der Waals surface area contributed by atoms with Crippen molar-refractivity contribution in [3.8, 4) is 0 Å². The first-order valence-electron chi connectivity index (χ1n) is 5.72. The van der Waals surface area contributed by atoms with Crippen molar-refractivity contribution in [1.82, 2.24) is 0 Å². The minimum Gasteiger partial charge on any atom is -0.288 e. The lowest BCUT2D eigenvalue weighted by molar-refractivity contribution is -0.201. The number of rotatable bonds is 7. The molecule has 6 nitrogen and oxygen atoms in total. The molecule has 0 aliphatic carbocycles. The summed E-state index contributed by atoms with van der Waals surface area (Å²) in [6.45, 7) is 4.64. The van der Waals surface area contributed by atoms with Crippen LogP contribution < -0.4 is 0 Å². The van der Waals surface area contributed by atoms with E-state index in [-0.39, 0.29) is 16.5 Å². The lowest BCUT2D eigenvalue weighted by Crippen LogP contribution is -2.11. The molecular weight excluding hydrogens is 327 g/mol. The van der Waals surface area contributed by atoms with Crippen molar-refractivity contribution in [3.05, 3.63) is 28.8 Å². The van der Waals surface area contributed by atoms with E-state index in [1.807, 2.05) is 0 Å². The monoisotopic (exact) mass is 342 g/mol. The zero-order valence-corrected chi connectivity index (χ0v) is 13.8. The number of aryl methyl sites for hydroxylation is 1. The summed E-state index contributed by atoms with van der Waals surface area (Å²) in [6, 6.07) is 4.65. The predicted octanol–water partition coefficient (Wildman–Crippen LogP) is 3.19. The van der Waals surface area contributed by atoms with Crippen LogP contribution in [0.25, 0.3) is 0 Å². The lowest BCUT2D eigenvalue weighted by Gasteiger charge is -2.13. The molecule has 0 bridgehead atoms. The molecule has 1 atom stereocenters. The van der Waals surface area contributed by atoms with Gasteiger partial charge in [0.2, 0.25) is 0 Å². The number of hydrogen-bond acceptors (Lipinski definition) is 6. The van der Waals surface area contributed by atoms with Gasteiger partial charge in [0.25, 0.3) is 17.5 Å². The minimum atomic E-state index is -4.12. The Morgan fingerprint density at radius 1 is 1.35 bits per heavy atom. The van der Waals surface area contributed by atoms with E-state index in [2.05, 4.69) is 9.56 Å². The smallest absolute Gasteiger partial charge is 0.288 e.